The Bertz CT molecular complexity index is 904. The number of ketones is 1. The van der Waals surface area contributed by atoms with E-state index in [1.54, 1.807) is 12.1 Å². The van der Waals surface area contributed by atoms with Crippen molar-refractivity contribution in [1.29, 1.82) is 0 Å². The number of primary amides is 1. The van der Waals surface area contributed by atoms with Crippen molar-refractivity contribution >= 4 is 29.3 Å². The number of carbonyl (C=O) groups excluding carboxylic acids is 3. The Hall–Kier alpha value is -2.80. The number of amides is 1. The van der Waals surface area contributed by atoms with Crippen LogP contribution in [0.25, 0.3) is 0 Å². The lowest BCUT2D eigenvalue weighted by Gasteiger charge is -2.11. The van der Waals surface area contributed by atoms with E-state index in [0.717, 1.165) is 11.4 Å². The lowest BCUT2D eigenvalue weighted by atomic mass is 10.1. The third-order valence-corrected chi connectivity index (χ3v) is 4.67. The Kier molecular flexibility index (Phi) is 7.23. The van der Waals surface area contributed by atoms with Gasteiger partial charge in [-0.05, 0) is 44.5 Å². The van der Waals surface area contributed by atoms with Crippen LogP contribution in [0.4, 0.5) is 0 Å². The average molecular weight is 407 g/mol. The van der Waals surface area contributed by atoms with Crippen LogP contribution in [-0.2, 0) is 16.1 Å². The van der Waals surface area contributed by atoms with Gasteiger partial charge in [-0.1, -0.05) is 11.6 Å². The van der Waals surface area contributed by atoms with Gasteiger partial charge in [0, 0.05) is 34.9 Å². The number of hydrogen-bond acceptors (Lipinski definition) is 5. The molecule has 0 bridgehead atoms. The first kappa shape index (κ1) is 21.5. The van der Waals surface area contributed by atoms with Crippen molar-refractivity contribution in [3.63, 3.8) is 0 Å². The van der Waals surface area contributed by atoms with E-state index < -0.39 is 5.91 Å². The first-order valence-electron chi connectivity index (χ1n) is 8.73. The summed E-state index contributed by atoms with van der Waals surface area (Å²) in [4.78, 5) is 35.4. The van der Waals surface area contributed by atoms with Gasteiger partial charge in [-0.2, -0.15) is 0 Å². The zero-order valence-electron chi connectivity index (χ0n) is 16.1. The molecule has 0 atom stereocenters. The molecule has 0 saturated carbocycles. The number of halogens is 1. The van der Waals surface area contributed by atoms with Crippen LogP contribution >= 0.6 is 11.6 Å². The number of hydrogen-bond donors (Lipinski definition) is 1. The van der Waals surface area contributed by atoms with E-state index in [0.29, 0.717) is 30.0 Å². The molecule has 2 rings (SSSR count). The molecule has 0 fully saturated rings. The van der Waals surface area contributed by atoms with E-state index >= 15 is 0 Å². The number of carbonyl (C=O) groups is 3. The molecule has 2 N–H and O–H groups in total. The molecular weight excluding hydrogens is 384 g/mol. The molecule has 2 aromatic rings. The fraction of sp³-hybridized carbons (Fsp3) is 0.350. The van der Waals surface area contributed by atoms with Gasteiger partial charge in [-0.3, -0.25) is 14.4 Å². The Labute approximate surface area is 168 Å². The van der Waals surface area contributed by atoms with Gasteiger partial charge in [-0.25, -0.2) is 0 Å². The highest BCUT2D eigenvalue weighted by atomic mass is 35.5. The van der Waals surface area contributed by atoms with E-state index in [1.165, 1.54) is 19.2 Å². The van der Waals surface area contributed by atoms with Crippen molar-refractivity contribution in [3.8, 4) is 5.75 Å². The van der Waals surface area contributed by atoms with Gasteiger partial charge < -0.3 is 19.8 Å². The van der Waals surface area contributed by atoms with Crippen molar-refractivity contribution in [2.45, 2.75) is 33.2 Å². The van der Waals surface area contributed by atoms with Crippen LogP contribution in [0.5, 0.6) is 5.75 Å². The van der Waals surface area contributed by atoms with Gasteiger partial charge in [0.25, 0.3) is 5.91 Å². The molecule has 0 unspecified atom stereocenters. The number of aryl methyl sites for hydroxylation is 1. The molecule has 7 nitrogen and oxygen atoms in total. The molecule has 0 aliphatic carbocycles. The molecule has 0 aliphatic rings. The molecular formula is C20H23ClN2O5. The monoisotopic (exact) mass is 406 g/mol. The minimum absolute atomic E-state index is 0.119. The highest BCUT2D eigenvalue weighted by Gasteiger charge is 2.18. The van der Waals surface area contributed by atoms with Gasteiger partial charge in [-0.15, -0.1) is 0 Å². The molecule has 8 heteroatoms. The van der Waals surface area contributed by atoms with Crippen molar-refractivity contribution < 1.29 is 23.9 Å². The van der Waals surface area contributed by atoms with Crippen molar-refractivity contribution in [2.75, 3.05) is 13.7 Å². The number of aromatic nitrogens is 1. The van der Waals surface area contributed by atoms with E-state index in [4.69, 9.17) is 22.1 Å². The maximum atomic E-state index is 12.6. The first-order valence-corrected chi connectivity index (χ1v) is 9.11. The van der Waals surface area contributed by atoms with Gasteiger partial charge in [0.15, 0.2) is 6.61 Å². The van der Waals surface area contributed by atoms with Crippen molar-refractivity contribution in [1.82, 2.24) is 4.57 Å². The number of nitrogens with two attached hydrogens (primary N) is 1. The zero-order valence-corrected chi connectivity index (χ0v) is 16.8. The predicted molar refractivity (Wildman–Crippen MR) is 105 cm³/mol. The smallest absolute Gasteiger partial charge is 0.305 e. The summed E-state index contributed by atoms with van der Waals surface area (Å²) in [5.74, 6) is -0.969. The summed E-state index contributed by atoms with van der Waals surface area (Å²) >= 11 is 5.87. The van der Waals surface area contributed by atoms with Gasteiger partial charge in [0.05, 0.1) is 12.7 Å². The predicted octanol–water partition coefficient (Wildman–Crippen LogP) is 3.07. The quantitative estimate of drug-likeness (QED) is 0.509. The molecule has 0 aliphatic heterocycles. The zero-order chi connectivity index (χ0) is 20.8. The van der Waals surface area contributed by atoms with Crippen LogP contribution in [0.1, 0.15) is 44.9 Å². The molecule has 1 heterocycles. The third-order valence-electron chi connectivity index (χ3n) is 4.43. The van der Waals surface area contributed by atoms with Gasteiger partial charge >= 0.3 is 5.97 Å². The normalized spacial score (nSPS) is 10.6. The number of ether oxygens (including phenoxy) is 2. The molecule has 0 radical (unpaired) electrons. The Morgan fingerprint density at radius 2 is 1.86 bits per heavy atom. The highest BCUT2D eigenvalue weighted by molar-refractivity contribution is 6.31. The van der Waals surface area contributed by atoms with E-state index in [2.05, 4.69) is 4.74 Å². The second-order valence-corrected chi connectivity index (χ2v) is 6.77. The molecule has 0 spiro atoms. The largest absolute Gasteiger partial charge is 0.485 e. The van der Waals surface area contributed by atoms with Crippen LogP contribution in [0.15, 0.2) is 24.3 Å². The van der Waals surface area contributed by atoms with Gasteiger partial charge in [0.1, 0.15) is 5.75 Å². The fourth-order valence-corrected chi connectivity index (χ4v) is 3.12. The summed E-state index contributed by atoms with van der Waals surface area (Å²) < 4.78 is 12.1. The fourth-order valence-electron chi connectivity index (χ4n) is 2.95. The Morgan fingerprint density at radius 3 is 2.50 bits per heavy atom. The molecule has 0 saturated heterocycles. The molecule has 28 heavy (non-hydrogen) atoms. The minimum atomic E-state index is -0.686. The van der Waals surface area contributed by atoms with Crippen LogP contribution < -0.4 is 10.5 Å². The minimum Gasteiger partial charge on any atom is -0.485 e. The third kappa shape index (κ3) is 5.13. The number of methoxy groups -OCH3 is 1. The maximum Gasteiger partial charge on any atom is 0.305 e. The molecule has 1 aromatic carbocycles. The summed E-state index contributed by atoms with van der Waals surface area (Å²) in [5, 5.41) is 0.350. The number of Topliss-reactive ketones (excluding diaryl/α,β-unsaturated/α-hetero) is 1. The van der Waals surface area contributed by atoms with Crippen LogP contribution in [0, 0.1) is 13.8 Å². The standard InChI is InChI=1S/C20H23ClN2O5/c1-12-9-15(13(2)23(12)8-4-5-19(25)27-3)17(24)11-28-18-7-6-14(21)10-16(18)20(22)26/h6-7,9-10H,4-5,8,11H2,1-3H3,(H2,22,26). The first-order chi connectivity index (χ1) is 13.2. The number of benzene rings is 1. The molecule has 1 amide bonds. The number of rotatable bonds is 9. The van der Waals surface area contributed by atoms with Crippen molar-refractivity contribution in [2.24, 2.45) is 5.73 Å². The summed E-state index contributed by atoms with van der Waals surface area (Å²) in [7, 11) is 1.36. The second-order valence-electron chi connectivity index (χ2n) is 6.33. The summed E-state index contributed by atoms with van der Waals surface area (Å²) in [6.45, 7) is 4.10. The SMILES string of the molecule is COC(=O)CCCn1c(C)cc(C(=O)COc2ccc(Cl)cc2C(N)=O)c1C. The summed E-state index contributed by atoms with van der Waals surface area (Å²) in [5.41, 5.74) is 7.68. The summed E-state index contributed by atoms with van der Waals surface area (Å²) in [6, 6.07) is 6.25. The number of nitrogens with zero attached hydrogens (tertiary/aromatic N) is 1. The van der Waals surface area contributed by atoms with E-state index in [1.807, 2.05) is 18.4 Å². The lowest BCUT2D eigenvalue weighted by Crippen LogP contribution is -2.17. The topological polar surface area (TPSA) is 101 Å². The van der Waals surface area contributed by atoms with Gasteiger partial charge in [0.2, 0.25) is 5.78 Å². The van der Waals surface area contributed by atoms with Crippen LogP contribution in [-0.4, -0.2) is 35.9 Å². The molecule has 150 valence electrons. The maximum absolute atomic E-state index is 12.6. The van der Waals surface area contributed by atoms with Crippen LogP contribution in [0.3, 0.4) is 0 Å². The average Bonchev–Trinajstić information content (AvgIpc) is 2.94. The van der Waals surface area contributed by atoms with E-state index in [9.17, 15) is 14.4 Å². The summed E-state index contributed by atoms with van der Waals surface area (Å²) in [6.07, 6.45) is 0.923. The highest BCUT2D eigenvalue weighted by Crippen LogP contribution is 2.23. The number of esters is 1. The Balaban J connectivity index is 2.08. The molecule has 1 aromatic heterocycles. The second kappa shape index (κ2) is 9.41. The van der Waals surface area contributed by atoms with E-state index in [-0.39, 0.29) is 29.7 Å². The Morgan fingerprint density at radius 1 is 1.14 bits per heavy atom. The van der Waals surface area contributed by atoms with Crippen LogP contribution in [0.2, 0.25) is 5.02 Å². The van der Waals surface area contributed by atoms with Crippen molar-refractivity contribution in [3.05, 3.63) is 51.8 Å². The lowest BCUT2D eigenvalue weighted by molar-refractivity contribution is -0.140.